The summed E-state index contributed by atoms with van der Waals surface area (Å²) in [6, 6.07) is 13.4. The van der Waals surface area contributed by atoms with Crippen molar-refractivity contribution in [3.63, 3.8) is 0 Å². The molecule has 0 unspecified atom stereocenters. The lowest BCUT2D eigenvalue weighted by atomic mass is 10.0. The van der Waals surface area contributed by atoms with E-state index < -0.39 is 6.03 Å². The van der Waals surface area contributed by atoms with Crippen LogP contribution in [0.4, 0.5) is 16.2 Å². The van der Waals surface area contributed by atoms with E-state index in [0.717, 1.165) is 36.2 Å². The number of nitrogens with one attached hydrogen (secondary N) is 2. The molecule has 0 aliphatic carbocycles. The van der Waals surface area contributed by atoms with Gasteiger partial charge >= 0.3 is 6.03 Å². The number of imide groups is 1. The van der Waals surface area contributed by atoms with Crippen molar-refractivity contribution in [2.75, 3.05) is 23.3 Å². The van der Waals surface area contributed by atoms with Crippen molar-refractivity contribution < 1.29 is 9.59 Å². The van der Waals surface area contributed by atoms with Crippen molar-refractivity contribution >= 4 is 23.3 Å². The second kappa shape index (κ2) is 7.38. The van der Waals surface area contributed by atoms with Crippen molar-refractivity contribution in [3.8, 4) is 0 Å². The Kier molecular flexibility index (Phi) is 5.03. The first-order chi connectivity index (χ1) is 12.0. The number of aryl methyl sites for hydroxylation is 3. The van der Waals surface area contributed by atoms with Gasteiger partial charge in [-0.05, 0) is 49.9 Å². The van der Waals surface area contributed by atoms with Gasteiger partial charge in [-0.1, -0.05) is 35.9 Å². The highest BCUT2D eigenvalue weighted by atomic mass is 16.2. The normalized spacial score (nSPS) is 13.1. The third-order valence-electron chi connectivity index (χ3n) is 4.42. The summed E-state index contributed by atoms with van der Waals surface area (Å²) in [5.41, 5.74) is 5.13. The lowest BCUT2D eigenvalue weighted by Gasteiger charge is -2.30. The molecule has 0 atom stereocenters. The van der Waals surface area contributed by atoms with E-state index >= 15 is 0 Å². The number of para-hydroxylation sites is 1. The van der Waals surface area contributed by atoms with Crippen LogP contribution in [-0.4, -0.2) is 25.0 Å². The number of carbonyl (C=O) groups excluding carboxylic acids is 2. The van der Waals surface area contributed by atoms with E-state index in [2.05, 4.69) is 16.7 Å². The van der Waals surface area contributed by atoms with Gasteiger partial charge in [-0.15, -0.1) is 0 Å². The number of hydrogen-bond donors (Lipinski definition) is 2. The number of carbonyl (C=O) groups is 2. The molecule has 3 amide bonds. The molecular weight excluding hydrogens is 314 g/mol. The molecule has 0 spiro atoms. The van der Waals surface area contributed by atoms with Gasteiger partial charge in [-0.3, -0.25) is 10.1 Å². The van der Waals surface area contributed by atoms with E-state index in [1.54, 1.807) is 0 Å². The molecule has 2 aromatic rings. The van der Waals surface area contributed by atoms with Crippen LogP contribution in [0, 0.1) is 13.8 Å². The van der Waals surface area contributed by atoms with Crippen LogP contribution >= 0.6 is 0 Å². The standard InChI is InChI=1S/C20H23N3O2/c1-14-9-10-17(15(2)12-14)21-20(25)22-19(24)13-23-11-5-7-16-6-3-4-8-18(16)23/h3-4,6,8-10,12H,5,7,11,13H2,1-2H3,(H2,21,22,24,25). The largest absolute Gasteiger partial charge is 0.362 e. The summed E-state index contributed by atoms with van der Waals surface area (Å²) in [5, 5.41) is 5.15. The van der Waals surface area contributed by atoms with E-state index in [4.69, 9.17) is 0 Å². The second-order valence-electron chi connectivity index (χ2n) is 6.47. The lowest BCUT2D eigenvalue weighted by Crippen LogP contribution is -2.43. The smallest absolute Gasteiger partial charge is 0.325 e. The third kappa shape index (κ3) is 4.18. The van der Waals surface area contributed by atoms with Gasteiger partial charge in [0.05, 0.1) is 6.54 Å². The van der Waals surface area contributed by atoms with Gasteiger partial charge in [0, 0.05) is 17.9 Å². The first kappa shape index (κ1) is 17.0. The predicted octanol–water partition coefficient (Wildman–Crippen LogP) is 3.40. The number of urea groups is 1. The summed E-state index contributed by atoms with van der Waals surface area (Å²) >= 11 is 0. The monoisotopic (exact) mass is 337 g/mol. The van der Waals surface area contributed by atoms with E-state index in [0.29, 0.717) is 5.69 Å². The quantitative estimate of drug-likeness (QED) is 0.902. The maximum atomic E-state index is 12.2. The highest BCUT2D eigenvalue weighted by Gasteiger charge is 2.19. The summed E-state index contributed by atoms with van der Waals surface area (Å²) in [4.78, 5) is 26.4. The van der Waals surface area contributed by atoms with Gasteiger partial charge in [0.15, 0.2) is 0 Å². The predicted molar refractivity (Wildman–Crippen MR) is 100 cm³/mol. The molecule has 1 heterocycles. The van der Waals surface area contributed by atoms with Gasteiger partial charge in [0.25, 0.3) is 0 Å². The Hall–Kier alpha value is -2.82. The van der Waals surface area contributed by atoms with Gasteiger partial charge in [0.1, 0.15) is 0 Å². The van der Waals surface area contributed by atoms with Gasteiger partial charge in [-0.25, -0.2) is 4.79 Å². The summed E-state index contributed by atoms with van der Waals surface area (Å²) in [7, 11) is 0. The van der Waals surface area contributed by atoms with Crippen LogP contribution in [0.25, 0.3) is 0 Å². The molecule has 3 rings (SSSR count). The summed E-state index contributed by atoms with van der Waals surface area (Å²) in [5.74, 6) is -0.307. The molecule has 130 valence electrons. The number of anilines is 2. The Bertz CT molecular complexity index is 801. The van der Waals surface area contributed by atoms with Gasteiger partial charge in [0.2, 0.25) is 5.91 Å². The van der Waals surface area contributed by atoms with Crippen molar-refractivity contribution in [1.82, 2.24) is 5.32 Å². The Morgan fingerprint density at radius 1 is 1.12 bits per heavy atom. The van der Waals surface area contributed by atoms with Crippen LogP contribution in [-0.2, 0) is 11.2 Å². The molecule has 0 fully saturated rings. The van der Waals surface area contributed by atoms with Crippen LogP contribution < -0.4 is 15.5 Å². The zero-order valence-electron chi connectivity index (χ0n) is 14.6. The molecule has 0 saturated carbocycles. The topological polar surface area (TPSA) is 61.4 Å². The first-order valence-corrected chi connectivity index (χ1v) is 8.54. The van der Waals surface area contributed by atoms with Crippen LogP contribution in [0.3, 0.4) is 0 Å². The Morgan fingerprint density at radius 2 is 1.92 bits per heavy atom. The number of nitrogens with zero attached hydrogens (tertiary/aromatic N) is 1. The minimum absolute atomic E-state index is 0.178. The minimum Gasteiger partial charge on any atom is -0.362 e. The van der Waals surface area contributed by atoms with Crippen LogP contribution in [0.5, 0.6) is 0 Å². The molecule has 2 N–H and O–H groups in total. The number of hydrogen-bond acceptors (Lipinski definition) is 3. The fraction of sp³-hybridized carbons (Fsp3) is 0.300. The Labute approximate surface area is 148 Å². The SMILES string of the molecule is Cc1ccc(NC(=O)NC(=O)CN2CCCc3ccccc32)c(C)c1. The molecule has 5 heteroatoms. The van der Waals surface area contributed by atoms with Crippen LogP contribution in [0.15, 0.2) is 42.5 Å². The van der Waals surface area contributed by atoms with Crippen molar-refractivity contribution in [1.29, 1.82) is 0 Å². The molecule has 1 aliphatic rings. The maximum absolute atomic E-state index is 12.2. The maximum Gasteiger partial charge on any atom is 0.325 e. The summed E-state index contributed by atoms with van der Waals surface area (Å²) in [6.07, 6.45) is 2.04. The highest BCUT2D eigenvalue weighted by molar-refractivity contribution is 6.02. The molecule has 0 radical (unpaired) electrons. The molecule has 0 bridgehead atoms. The van der Waals surface area contributed by atoms with E-state index in [9.17, 15) is 9.59 Å². The lowest BCUT2D eigenvalue weighted by molar-refractivity contribution is -0.118. The van der Waals surface area contributed by atoms with Gasteiger partial charge < -0.3 is 10.2 Å². The van der Waals surface area contributed by atoms with Crippen LogP contribution in [0.1, 0.15) is 23.1 Å². The summed E-state index contributed by atoms with van der Waals surface area (Å²) < 4.78 is 0. The number of amides is 3. The first-order valence-electron chi connectivity index (χ1n) is 8.54. The van der Waals surface area contributed by atoms with E-state index in [1.807, 2.05) is 55.1 Å². The van der Waals surface area contributed by atoms with Gasteiger partial charge in [-0.2, -0.15) is 0 Å². The number of benzene rings is 2. The highest BCUT2D eigenvalue weighted by Crippen LogP contribution is 2.26. The van der Waals surface area contributed by atoms with E-state index in [-0.39, 0.29) is 12.5 Å². The number of rotatable bonds is 3. The van der Waals surface area contributed by atoms with Crippen molar-refractivity contribution in [2.45, 2.75) is 26.7 Å². The van der Waals surface area contributed by atoms with Crippen molar-refractivity contribution in [3.05, 3.63) is 59.2 Å². The number of fused-ring (bicyclic) bond motifs is 1. The van der Waals surface area contributed by atoms with Crippen LogP contribution in [0.2, 0.25) is 0 Å². The third-order valence-corrected chi connectivity index (χ3v) is 4.42. The fourth-order valence-electron chi connectivity index (χ4n) is 3.22. The van der Waals surface area contributed by atoms with Crippen molar-refractivity contribution in [2.24, 2.45) is 0 Å². The van der Waals surface area contributed by atoms with E-state index in [1.165, 1.54) is 5.56 Å². The Balaban J connectivity index is 1.59. The average Bonchev–Trinajstić information content (AvgIpc) is 2.57. The second-order valence-corrected chi connectivity index (χ2v) is 6.47. The molecule has 2 aromatic carbocycles. The zero-order chi connectivity index (χ0) is 17.8. The molecule has 0 aromatic heterocycles. The molecule has 5 nitrogen and oxygen atoms in total. The zero-order valence-corrected chi connectivity index (χ0v) is 14.6. The summed E-state index contributed by atoms with van der Waals surface area (Å²) in [6.45, 7) is 4.92. The molecular formula is C20H23N3O2. The molecule has 1 aliphatic heterocycles. The Morgan fingerprint density at radius 3 is 2.72 bits per heavy atom. The molecule has 25 heavy (non-hydrogen) atoms. The molecule has 0 saturated heterocycles. The fourth-order valence-corrected chi connectivity index (χ4v) is 3.22. The average molecular weight is 337 g/mol. The minimum atomic E-state index is -0.498.